The summed E-state index contributed by atoms with van der Waals surface area (Å²) < 4.78 is 37.6. The number of hydrogen-bond donors (Lipinski definition) is 3. The van der Waals surface area contributed by atoms with Gasteiger partial charge in [0.25, 0.3) is 0 Å². The lowest BCUT2D eigenvalue weighted by Crippen LogP contribution is -2.55. The number of urea groups is 1. The first-order chi connectivity index (χ1) is 19.4. The number of ether oxygens (including phenoxy) is 2. The molecule has 1 aliphatic heterocycles. The Labute approximate surface area is 238 Å². The average molecular weight is 583 g/mol. The third kappa shape index (κ3) is 11.0. The molecule has 228 valence electrons. The molecule has 0 saturated carbocycles. The molecule has 0 spiro atoms. The first-order valence-corrected chi connectivity index (χ1v) is 13.8. The maximum atomic E-state index is 13.8. The largest absolute Gasteiger partial charge is 0.467 e. The molecular weight excluding hydrogens is 542 g/mol. The third-order valence-electron chi connectivity index (χ3n) is 6.81. The van der Waals surface area contributed by atoms with Crippen LogP contribution in [-0.2, 0) is 35.1 Å². The highest BCUT2D eigenvalue weighted by atomic mass is 19.1. The van der Waals surface area contributed by atoms with Crippen molar-refractivity contribution in [3.63, 3.8) is 0 Å². The lowest BCUT2D eigenvalue weighted by atomic mass is 10.0. The van der Waals surface area contributed by atoms with E-state index in [-0.39, 0.29) is 17.9 Å². The van der Waals surface area contributed by atoms with Crippen molar-refractivity contribution in [3.05, 3.63) is 35.4 Å². The molecule has 2 unspecified atom stereocenters. The molecule has 4 amide bonds. The van der Waals surface area contributed by atoms with Crippen LogP contribution < -0.4 is 16.0 Å². The van der Waals surface area contributed by atoms with Crippen molar-refractivity contribution in [2.24, 2.45) is 5.92 Å². The number of rotatable bonds is 14. The summed E-state index contributed by atoms with van der Waals surface area (Å²) in [6, 6.07) is -1.56. The molecular formula is C28H40F2N4O7. The maximum absolute atomic E-state index is 13.8. The molecule has 13 heteroatoms. The van der Waals surface area contributed by atoms with Gasteiger partial charge in [-0.25, -0.2) is 23.2 Å². The van der Waals surface area contributed by atoms with Crippen LogP contribution in [0.4, 0.5) is 13.6 Å². The smallest absolute Gasteiger partial charge is 0.331 e. The number of methoxy groups -OCH3 is 1. The van der Waals surface area contributed by atoms with E-state index in [2.05, 4.69) is 29.8 Å². The van der Waals surface area contributed by atoms with Crippen LogP contribution in [0.5, 0.6) is 0 Å². The summed E-state index contributed by atoms with van der Waals surface area (Å²) in [4.78, 5) is 64.0. The maximum Gasteiger partial charge on any atom is 0.331 e. The van der Waals surface area contributed by atoms with Gasteiger partial charge in [0.1, 0.15) is 30.3 Å². The molecule has 1 fully saturated rings. The Bertz CT molecular complexity index is 1070. The van der Waals surface area contributed by atoms with Crippen LogP contribution in [0.1, 0.15) is 58.4 Å². The molecule has 0 aliphatic carbocycles. The molecule has 0 radical (unpaired) electrons. The van der Waals surface area contributed by atoms with Crippen molar-refractivity contribution < 1.29 is 42.2 Å². The van der Waals surface area contributed by atoms with Crippen molar-refractivity contribution in [3.8, 4) is 0 Å². The fourth-order valence-corrected chi connectivity index (χ4v) is 4.69. The van der Waals surface area contributed by atoms with E-state index < -0.39 is 60.2 Å². The number of carbonyl (C=O) groups is 5. The molecule has 3 N–H and O–H groups in total. The van der Waals surface area contributed by atoms with Crippen LogP contribution in [-0.4, -0.2) is 79.6 Å². The molecule has 1 aliphatic rings. The molecule has 0 aromatic heterocycles. The second-order valence-electron chi connectivity index (χ2n) is 10.2. The summed E-state index contributed by atoms with van der Waals surface area (Å²) in [5, 5.41) is 7.55. The number of halogens is 2. The number of amides is 4. The SMILES string of the molecule is CCCC(C)CCNC(=O)N[C@@H](Cc1cc(F)cc(F)c1)C(=O)N[C@@H](COC(=O)C1CCCN1C(C)=O)C(=O)OC. The summed E-state index contributed by atoms with van der Waals surface area (Å²) in [6.45, 7) is 5.61. The van der Waals surface area contributed by atoms with Crippen molar-refractivity contribution in [2.45, 2.75) is 77.4 Å². The highest BCUT2D eigenvalue weighted by molar-refractivity contribution is 5.91. The summed E-state index contributed by atoms with van der Waals surface area (Å²) >= 11 is 0. The number of esters is 2. The number of nitrogens with zero attached hydrogens (tertiary/aromatic N) is 1. The van der Waals surface area contributed by atoms with Crippen molar-refractivity contribution in [1.82, 2.24) is 20.9 Å². The van der Waals surface area contributed by atoms with Crippen LogP contribution in [0, 0.1) is 17.6 Å². The second-order valence-corrected chi connectivity index (χ2v) is 10.2. The Kier molecular flexibility index (Phi) is 13.4. The zero-order chi connectivity index (χ0) is 30.5. The second kappa shape index (κ2) is 16.5. The van der Waals surface area contributed by atoms with Crippen molar-refractivity contribution >= 4 is 29.8 Å². The molecule has 1 heterocycles. The van der Waals surface area contributed by atoms with E-state index in [9.17, 15) is 32.8 Å². The normalized spacial score (nSPS) is 16.7. The molecule has 1 saturated heterocycles. The monoisotopic (exact) mass is 582 g/mol. The topological polar surface area (TPSA) is 143 Å². The minimum absolute atomic E-state index is 0.0890. The average Bonchev–Trinajstić information content (AvgIpc) is 3.40. The molecule has 41 heavy (non-hydrogen) atoms. The number of hydrogen-bond acceptors (Lipinski definition) is 7. The van der Waals surface area contributed by atoms with Gasteiger partial charge in [0, 0.05) is 32.5 Å². The lowest BCUT2D eigenvalue weighted by molar-refractivity contribution is -0.157. The van der Waals surface area contributed by atoms with E-state index in [1.54, 1.807) is 0 Å². The highest BCUT2D eigenvalue weighted by Crippen LogP contribution is 2.19. The van der Waals surface area contributed by atoms with E-state index in [1.807, 2.05) is 0 Å². The van der Waals surface area contributed by atoms with Crippen LogP contribution in [0.25, 0.3) is 0 Å². The molecule has 1 aromatic carbocycles. The number of likely N-dealkylation sites (tertiary alicyclic amines) is 1. The van der Waals surface area contributed by atoms with Gasteiger partial charge in [-0.2, -0.15) is 0 Å². The summed E-state index contributed by atoms with van der Waals surface area (Å²) in [5.74, 6) is -4.16. The van der Waals surface area contributed by atoms with E-state index in [0.717, 1.165) is 32.1 Å². The van der Waals surface area contributed by atoms with Gasteiger partial charge in [-0.15, -0.1) is 0 Å². The third-order valence-corrected chi connectivity index (χ3v) is 6.81. The first kappa shape index (κ1) is 33.4. The molecule has 0 bridgehead atoms. The Morgan fingerprint density at radius 3 is 2.34 bits per heavy atom. The Morgan fingerprint density at radius 1 is 1.05 bits per heavy atom. The molecule has 2 rings (SSSR count). The van der Waals surface area contributed by atoms with E-state index in [0.29, 0.717) is 44.3 Å². The fraction of sp³-hybridized carbons (Fsp3) is 0.607. The predicted molar refractivity (Wildman–Crippen MR) is 144 cm³/mol. The van der Waals surface area contributed by atoms with E-state index in [1.165, 1.54) is 11.8 Å². The van der Waals surface area contributed by atoms with Gasteiger partial charge in [-0.1, -0.05) is 26.7 Å². The van der Waals surface area contributed by atoms with E-state index in [4.69, 9.17) is 9.47 Å². The van der Waals surface area contributed by atoms with Crippen LogP contribution in [0.2, 0.25) is 0 Å². The Hall–Kier alpha value is -3.77. The summed E-state index contributed by atoms with van der Waals surface area (Å²) in [5.41, 5.74) is 0.0890. The Balaban J connectivity index is 2.12. The summed E-state index contributed by atoms with van der Waals surface area (Å²) in [6.07, 6.45) is 3.42. The zero-order valence-electron chi connectivity index (χ0n) is 24.0. The molecule has 11 nitrogen and oxygen atoms in total. The Morgan fingerprint density at radius 2 is 1.73 bits per heavy atom. The number of carbonyl (C=O) groups excluding carboxylic acids is 5. The van der Waals surface area contributed by atoms with E-state index >= 15 is 0 Å². The quantitative estimate of drug-likeness (QED) is 0.286. The van der Waals surface area contributed by atoms with Crippen LogP contribution in [0.3, 0.4) is 0 Å². The minimum Gasteiger partial charge on any atom is -0.467 e. The van der Waals surface area contributed by atoms with Gasteiger partial charge in [-0.05, 0) is 42.9 Å². The molecule has 1 aromatic rings. The zero-order valence-corrected chi connectivity index (χ0v) is 24.0. The van der Waals surface area contributed by atoms with Gasteiger partial charge in [0.2, 0.25) is 11.8 Å². The van der Waals surface area contributed by atoms with Gasteiger partial charge in [0.15, 0.2) is 6.04 Å². The van der Waals surface area contributed by atoms with Crippen molar-refractivity contribution in [1.29, 1.82) is 0 Å². The summed E-state index contributed by atoms with van der Waals surface area (Å²) in [7, 11) is 1.08. The van der Waals surface area contributed by atoms with Crippen LogP contribution >= 0.6 is 0 Å². The van der Waals surface area contributed by atoms with Gasteiger partial charge < -0.3 is 30.3 Å². The number of nitrogens with one attached hydrogen (secondary N) is 3. The minimum atomic E-state index is -1.45. The number of benzene rings is 1. The standard InChI is InChI=1S/C28H40F2N4O7/c1-5-7-17(2)9-10-31-28(39)33-22(14-19-12-20(29)15-21(30)13-19)25(36)32-23(26(37)40-4)16-41-27(38)24-8-6-11-34(24)18(3)35/h12-13,15,17,22-24H,5-11,14,16H2,1-4H3,(H,32,36)(H2,31,33,39)/t17?,22-,23-,24?/m0/s1. The van der Waals surface area contributed by atoms with Crippen LogP contribution in [0.15, 0.2) is 18.2 Å². The van der Waals surface area contributed by atoms with Gasteiger partial charge >= 0.3 is 18.0 Å². The fourth-order valence-electron chi connectivity index (χ4n) is 4.69. The lowest BCUT2D eigenvalue weighted by Gasteiger charge is -2.24. The highest BCUT2D eigenvalue weighted by Gasteiger charge is 2.35. The first-order valence-electron chi connectivity index (χ1n) is 13.8. The van der Waals surface area contributed by atoms with Gasteiger partial charge in [0.05, 0.1) is 7.11 Å². The predicted octanol–water partition coefficient (Wildman–Crippen LogP) is 2.21. The van der Waals surface area contributed by atoms with Crippen molar-refractivity contribution in [2.75, 3.05) is 26.8 Å². The molecule has 4 atom stereocenters. The van der Waals surface area contributed by atoms with Gasteiger partial charge in [-0.3, -0.25) is 9.59 Å².